The Bertz CT molecular complexity index is 1290. The summed E-state index contributed by atoms with van der Waals surface area (Å²) in [6.45, 7) is 2.09. The topological polar surface area (TPSA) is 27.7 Å². The molecule has 0 spiro atoms. The van der Waals surface area contributed by atoms with E-state index in [0.29, 0.717) is 0 Å². The lowest BCUT2D eigenvalue weighted by atomic mass is 9.81. The summed E-state index contributed by atoms with van der Waals surface area (Å²) in [4.78, 5) is 0. The maximum atomic E-state index is 6.86. The van der Waals surface area contributed by atoms with Crippen molar-refractivity contribution >= 4 is 16.8 Å². The van der Waals surface area contributed by atoms with Gasteiger partial charge in [-0.3, -0.25) is 0 Å². The number of hydrogen-bond donors (Lipinski definition) is 0. The predicted molar refractivity (Wildman–Crippen MR) is 125 cm³/mol. The van der Waals surface area contributed by atoms with Gasteiger partial charge in [-0.1, -0.05) is 48.5 Å². The van der Waals surface area contributed by atoms with Crippen molar-refractivity contribution in [2.75, 3.05) is 14.2 Å². The van der Waals surface area contributed by atoms with Gasteiger partial charge in [0.2, 0.25) is 0 Å². The first-order valence-corrected chi connectivity index (χ1v) is 10.3. The predicted octanol–water partition coefficient (Wildman–Crippen LogP) is 6.51. The molecule has 0 bridgehead atoms. The summed E-state index contributed by atoms with van der Waals surface area (Å²) in [5.41, 5.74) is 3.57. The molecule has 4 aromatic rings. The molecular weight excluding hydrogens is 384 g/mol. The zero-order valence-electron chi connectivity index (χ0n) is 17.9. The van der Waals surface area contributed by atoms with Crippen LogP contribution in [0.2, 0.25) is 0 Å². The van der Waals surface area contributed by atoms with Crippen LogP contribution in [0.25, 0.3) is 16.8 Å². The van der Waals surface area contributed by atoms with Crippen LogP contribution >= 0.6 is 0 Å². The first-order chi connectivity index (χ1) is 15.1. The third kappa shape index (κ3) is 3.14. The van der Waals surface area contributed by atoms with Crippen molar-refractivity contribution in [3.63, 3.8) is 0 Å². The zero-order chi connectivity index (χ0) is 21.4. The summed E-state index contributed by atoms with van der Waals surface area (Å²) in [5.74, 6) is 2.51. The number of hydrogen-bond acceptors (Lipinski definition) is 3. The summed E-state index contributed by atoms with van der Waals surface area (Å²) in [6, 6.07) is 26.8. The molecule has 154 valence electrons. The van der Waals surface area contributed by atoms with Crippen molar-refractivity contribution < 1.29 is 14.2 Å². The van der Waals surface area contributed by atoms with E-state index < -0.39 is 5.60 Å². The van der Waals surface area contributed by atoms with Crippen molar-refractivity contribution in [1.29, 1.82) is 0 Å². The number of fused-ring (bicyclic) bond motifs is 3. The van der Waals surface area contributed by atoms with Crippen LogP contribution in [0.3, 0.4) is 0 Å². The fraction of sp³-hybridized carbons (Fsp3) is 0.143. The molecule has 0 fully saturated rings. The monoisotopic (exact) mass is 408 g/mol. The van der Waals surface area contributed by atoms with Gasteiger partial charge in [-0.2, -0.15) is 0 Å². The van der Waals surface area contributed by atoms with E-state index in [-0.39, 0.29) is 0 Å². The summed E-state index contributed by atoms with van der Waals surface area (Å²) in [5, 5.41) is 2.39. The molecule has 0 aliphatic carbocycles. The maximum absolute atomic E-state index is 6.86. The highest BCUT2D eigenvalue weighted by atomic mass is 16.5. The average molecular weight is 408 g/mol. The largest absolute Gasteiger partial charge is 0.497 e. The van der Waals surface area contributed by atoms with E-state index >= 15 is 0 Å². The van der Waals surface area contributed by atoms with Gasteiger partial charge in [-0.15, -0.1) is 0 Å². The van der Waals surface area contributed by atoms with E-state index in [0.717, 1.165) is 39.5 Å². The second kappa shape index (κ2) is 7.51. The minimum Gasteiger partial charge on any atom is -0.497 e. The Labute approximate surface area is 182 Å². The van der Waals surface area contributed by atoms with Gasteiger partial charge in [-0.25, -0.2) is 0 Å². The highest BCUT2D eigenvalue weighted by Crippen LogP contribution is 2.45. The Morgan fingerprint density at radius 2 is 1.52 bits per heavy atom. The first-order valence-electron chi connectivity index (χ1n) is 10.3. The quantitative estimate of drug-likeness (QED) is 0.385. The van der Waals surface area contributed by atoms with Crippen molar-refractivity contribution in [3.8, 4) is 17.2 Å². The average Bonchev–Trinajstić information content (AvgIpc) is 2.83. The van der Waals surface area contributed by atoms with Gasteiger partial charge < -0.3 is 14.2 Å². The fourth-order valence-electron chi connectivity index (χ4n) is 4.42. The van der Waals surface area contributed by atoms with E-state index in [2.05, 4.69) is 73.7 Å². The van der Waals surface area contributed by atoms with Crippen LogP contribution in [0.1, 0.15) is 22.3 Å². The number of methoxy groups -OCH3 is 2. The van der Waals surface area contributed by atoms with Crippen molar-refractivity contribution in [2.45, 2.75) is 12.5 Å². The Kier molecular flexibility index (Phi) is 4.67. The van der Waals surface area contributed by atoms with Crippen LogP contribution in [0, 0.1) is 6.92 Å². The second-order valence-corrected chi connectivity index (χ2v) is 7.78. The van der Waals surface area contributed by atoms with Gasteiger partial charge in [0.25, 0.3) is 0 Å². The fourth-order valence-corrected chi connectivity index (χ4v) is 4.42. The van der Waals surface area contributed by atoms with Crippen molar-refractivity contribution in [2.24, 2.45) is 0 Å². The molecule has 5 rings (SSSR count). The summed E-state index contributed by atoms with van der Waals surface area (Å²) < 4.78 is 17.7. The van der Waals surface area contributed by atoms with E-state index in [1.54, 1.807) is 14.2 Å². The SMILES string of the molecule is COc1ccc(C2(c3ccc(OC)cc3C)C=Cc3c(ccc4ccccc34)O2)cc1. The molecule has 3 heteroatoms. The van der Waals surface area contributed by atoms with Crippen molar-refractivity contribution in [3.05, 3.63) is 107 Å². The van der Waals surface area contributed by atoms with Gasteiger partial charge in [-0.05, 0) is 65.7 Å². The van der Waals surface area contributed by atoms with Crippen LogP contribution in [0.15, 0.2) is 84.9 Å². The number of aryl methyl sites for hydroxylation is 1. The smallest absolute Gasteiger partial charge is 0.178 e. The van der Waals surface area contributed by atoms with Crippen molar-refractivity contribution in [1.82, 2.24) is 0 Å². The molecular formula is C28H24O3. The number of rotatable bonds is 4. The Morgan fingerprint density at radius 3 is 2.26 bits per heavy atom. The third-order valence-corrected chi connectivity index (χ3v) is 6.04. The van der Waals surface area contributed by atoms with Gasteiger partial charge in [0.15, 0.2) is 5.60 Å². The summed E-state index contributed by atoms with van der Waals surface area (Å²) in [7, 11) is 3.36. The Hall–Kier alpha value is -3.72. The molecule has 3 nitrogen and oxygen atoms in total. The highest BCUT2D eigenvalue weighted by Gasteiger charge is 2.38. The van der Waals surface area contributed by atoms with Crippen LogP contribution in [0.5, 0.6) is 17.2 Å². The van der Waals surface area contributed by atoms with E-state index in [9.17, 15) is 0 Å². The van der Waals surface area contributed by atoms with Gasteiger partial charge >= 0.3 is 0 Å². The lowest BCUT2D eigenvalue weighted by molar-refractivity contribution is 0.160. The minimum absolute atomic E-state index is 0.752. The third-order valence-electron chi connectivity index (χ3n) is 6.04. The molecule has 0 amide bonds. The molecule has 1 heterocycles. The van der Waals surface area contributed by atoms with Gasteiger partial charge in [0, 0.05) is 16.7 Å². The molecule has 0 aromatic heterocycles. The molecule has 1 atom stereocenters. The first kappa shape index (κ1) is 19.3. The molecule has 1 aliphatic heterocycles. The number of benzene rings is 4. The molecule has 4 aromatic carbocycles. The Morgan fingerprint density at radius 1 is 0.774 bits per heavy atom. The second-order valence-electron chi connectivity index (χ2n) is 7.78. The number of ether oxygens (including phenoxy) is 3. The van der Waals surface area contributed by atoms with E-state index in [1.807, 2.05) is 24.3 Å². The molecule has 31 heavy (non-hydrogen) atoms. The van der Waals surface area contributed by atoms with Gasteiger partial charge in [0.05, 0.1) is 14.2 Å². The molecule has 0 saturated heterocycles. The van der Waals surface area contributed by atoms with Crippen LogP contribution in [-0.4, -0.2) is 14.2 Å². The van der Waals surface area contributed by atoms with Crippen LogP contribution in [0.4, 0.5) is 0 Å². The summed E-state index contributed by atoms with van der Waals surface area (Å²) in [6.07, 6.45) is 4.35. The van der Waals surface area contributed by atoms with E-state index in [4.69, 9.17) is 14.2 Å². The molecule has 0 radical (unpaired) electrons. The molecule has 0 N–H and O–H groups in total. The molecule has 0 saturated carbocycles. The normalized spacial score (nSPS) is 17.1. The van der Waals surface area contributed by atoms with Crippen LogP contribution in [-0.2, 0) is 5.60 Å². The zero-order valence-corrected chi connectivity index (χ0v) is 17.9. The van der Waals surface area contributed by atoms with E-state index in [1.165, 1.54) is 10.8 Å². The lowest BCUT2D eigenvalue weighted by Gasteiger charge is -2.37. The lowest BCUT2D eigenvalue weighted by Crippen LogP contribution is -2.35. The molecule has 1 aliphatic rings. The standard InChI is InChI=1S/C28H24O3/c1-19-18-23(30-3)13-14-26(19)28(21-9-11-22(29-2)12-10-21)17-16-25-24-7-5-4-6-20(24)8-15-27(25)31-28/h4-18H,1-3H3. The highest BCUT2D eigenvalue weighted by molar-refractivity contribution is 5.94. The maximum Gasteiger partial charge on any atom is 0.178 e. The summed E-state index contributed by atoms with van der Waals surface area (Å²) >= 11 is 0. The Balaban J connectivity index is 1.73. The minimum atomic E-state index is -0.752. The molecule has 1 unspecified atom stereocenters. The van der Waals surface area contributed by atoms with Crippen LogP contribution < -0.4 is 14.2 Å². The van der Waals surface area contributed by atoms with Gasteiger partial charge in [0.1, 0.15) is 17.2 Å².